The van der Waals surface area contributed by atoms with Crippen LogP contribution in [0.25, 0.3) is 0 Å². The Morgan fingerprint density at radius 3 is 1.58 bits per heavy atom. The molecule has 0 saturated heterocycles. The molecule has 1 aliphatic carbocycles. The van der Waals surface area contributed by atoms with Crippen LogP contribution in [0.1, 0.15) is 174 Å². The average molecular weight is 955 g/mol. The van der Waals surface area contributed by atoms with Crippen molar-refractivity contribution in [2.45, 2.75) is 217 Å². The SMILES string of the molecule is CCCCC/C=C\C=C\C(=O)CCCCCCCC(=O)OC[C@H](COP(=O)(O)O[C@H]1C(O)C(O)C(O)[C@@H](OP(=O)(O)O)C1O)OC(=O)CCCCCCC/C=C\CCCCCCCC. The molecule has 0 aromatic heterocycles. The first-order valence-electron chi connectivity index (χ1n) is 23.5. The second kappa shape index (κ2) is 36.0. The van der Waals surface area contributed by atoms with Gasteiger partial charge in [0.15, 0.2) is 11.9 Å². The van der Waals surface area contributed by atoms with Crippen molar-refractivity contribution in [3.63, 3.8) is 0 Å². The van der Waals surface area contributed by atoms with Gasteiger partial charge >= 0.3 is 27.6 Å². The van der Waals surface area contributed by atoms with Gasteiger partial charge in [0.1, 0.15) is 43.2 Å². The second-order valence-electron chi connectivity index (χ2n) is 16.5. The number of phosphoric ester groups is 2. The highest BCUT2D eigenvalue weighted by Gasteiger charge is 2.54. The van der Waals surface area contributed by atoms with Gasteiger partial charge in [0, 0.05) is 19.3 Å². The lowest BCUT2D eigenvalue weighted by Crippen LogP contribution is -2.64. The van der Waals surface area contributed by atoms with Gasteiger partial charge < -0.3 is 44.6 Å². The Morgan fingerprint density at radius 2 is 1.00 bits per heavy atom. The standard InChI is InChI=1S/C45H80O17P2/c1-3-5-7-9-11-12-13-14-15-16-17-18-20-24-29-33-39(48)60-37(34-58-38(47)32-28-25-21-23-27-31-36(46)30-26-22-19-10-8-6-4-2)35-59-64(56,57)62-45-42(51)40(49)41(50)44(43(45)52)61-63(53,54)55/h14-15,19,22,26,30,37,40-45,49-52H,3-13,16-18,20-21,23-25,27-29,31-35H2,1-2H3,(H,56,57)(H2,53,54,55)/b15-14-,22-19-,30-26+/t37-,40?,41?,42?,43?,44-,45+/m1/s1. The van der Waals surface area contributed by atoms with E-state index in [-0.39, 0.29) is 18.6 Å². The van der Waals surface area contributed by atoms with E-state index in [4.69, 9.17) is 28.3 Å². The smallest absolute Gasteiger partial charge is 0.462 e. The Bertz CT molecular complexity index is 1450. The fourth-order valence-electron chi connectivity index (χ4n) is 6.94. The Kier molecular flexibility index (Phi) is 33.7. The van der Waals surface area contributed by atoms with Crippen molar-refractivity contribution in [3.05, 3.63) is 36.5 Å². The van der Waals surface area contributed by atoms with E-state index >= 15 is 0 Å². The summed E-state index contributed by atoms with van der Waals surface area (Å²) in [6.07, 6.45) is 19.2. The quantitative estimate of drug-likeness (QED) is 0.00770. The largest absolute Gasteiger partial charge is 0.472 e. The number of carbonyl (C=O) groups is 3. The minimum Gasteiger partial charge on any atom is -0.462 e. The van der Waals surface area contributed by atoms with Crippen LogP contribution < -0.4 is 0 Å². The normalized spacial score (nSPS) is 22.0. The minimum absolute atomic E-state index is 0.00951. The highest BCUT2D eigenvalue weighted by molar-refractivity contribution is 7.47. The summed E-state index contributed by atoms with van der Waals surface area (Å²) in [5, 5.41) is 41.2. The molecule has 0 heterocycles. The van der Waals surface area contributed by atoms with Crippen LogP contribution in [0.5, 0.6) is 0 Å². The monoisotopic (exact) mass is 954 g/mol. The average Bonchev–Trinajstić information content (AvgIpc) is 3.24. The van der Waals surface area contributed by atoms with Crippen LogP contribution in [-0.4, -0.2) is 109 Å². The lowest BCUT2D eigenvalue weighted by Gasteiger charge is -2.43. The van der Waals surface area contributed by atoms with E-state index in [2.05, 4.69) is 36.6 Å². The molecule has 0 aromatic rings. The Morgan fingerprint density at radius 1 is 0.531 bits per heavy atom. The molecule has 17 nitrogen and oxygen atoms in total. The van der Waals surface area contributed by atoms with E-state index in [1.165, 1.54) is 44.9 Å². The molecule has 0 amide bonds. The highest BCUT2D eigenvalue weighted by atomic mass is 31.2. The fourth-order valence-corrected chi connectivity index (χ4v) is 8.48. The van der Waals surface area contributed by atoms with E-state index < -0.39 is 83.5 Å². The molecular formula is C45H80O17P2. The fraction of sp³-hybridized carbons (Fsp3) is 0.800. The van der Waals surface area contributed by atoms with Crippen LogP contribution in [0.4, 0.5) is 0 Å². The van der Waals surface area contributed by atoms with Crippen molar-refractivity contribution in [2.24, 2.45) is 0 Å². The molecule has 64 heavy (non-hydrogen) atoms. The number of unbranched alkanes of at least 4 members (excludes halogenated alkanes) is 18. The number of ketones is 1. The molecule has 1 aliphatic rings. The first kappa shape index (κ1) is 59.9. The van der Waals surface area contributed by atoms with Crippen molar-refractivity contribution in [1.29, 1.82) is 0 Å². The van der Waals surface area contributed by atoms with E-state index in [0.717, 1.165) is 77.0 Å². The summed E-state index contributed by atoms with van der Waals surface area (Å²) < 4.78 is 49.2. The molecular weight excluding hydrogens is 874 g/mol. The van der Waals surface area contributed by atoms with Crippen LogP contribution in [0.3, 0.4) is 0 Å². The molecule has 19 heteroatoms. The molecule has 1 fully saturated rings. The summed E-state index contributed by atoms with van der Waals surface area (Å²) in [6, 6.07) is 0. The van der Waals surface area contributed by atoms with Crippen molar-refractivity contribution in [1.82, 2.24) is 0 Å². The maximum Gasteiger partial charge on any atom is 0.472 e. The number of ether oxygens (including phenoxy) is 2. The van der Waals surface area contributed by atoms with Crippen molar-refractivity contribution < 1.29 is 81.7 Å². The number of carbonyl (C=O) groups excluding carboxylic acids is 3. The highest BCUT2D eigenvalue weighted by Crippen LogP contribution is 2.49. The van der Waals surface area contributed by atoms with Crippen LogP contribution in [0.15, 0.2) is 36.5 Å². The van der Waals surface area contributed by atoms with Gasteiger partial charge in [-0.1, -0.05) is 128 Å². The predicted octanol–water partition coefficient (Wildman–Crippen LogP) is 7.91. The molecule has 8 atom stereocenters. The minimum atomic E-state index is -5.38. The summed E-state index contributed by atoms with van der Waals surface area (Å²) in [5.41, 5.74) is 0. The van der Waals surface area contributed by atoms with Gasteiger partial charge in [-0.3, -0.25) is 28.0 Å². The van der Waals surface area contributed by atoms with Crippen molar-refractivity contribution in [2.75, 3.05) is 13.2 Å². The molecule has 0 bridgehead atoms. The molecule has 0 spiro atoms. The maximum absolute atomic E-state index is 13.0. The van der Waals surface area contributed by atoms with Crippen molar-refractivity contribution in [3.8, 4) is 0 Å². The molecule has 5 unspecified atom stereocenters. The Balaban J connectivity index is 2.64. The van der Waals surface area contributed by atoms with Crippen LogP contribution >= 0.6 is 15.6 Å². The third-order valence-electron chi connectivity index (χ3n) is 10.7. The van der Waals surface area contributed by atoms with Gasteiger partial charge in [-0.25, -0.2) is 9.13 Å². The lowest BCUT2D eigenvalue weighted by molar-refractivity contribution is -0.216. The molecule has 1 rings (SSSR count). The number of rotatable bonds is 39. The molecule has 7 N–H and O–H groups in total. The maximum atomic E-state index is 13.0. The van der Waals surface area contributed by atoms with E-state index in [0.29, 0.717) is 25.7 Å². The van der Waals surface area contributed by atoms with Gasteiger partial charge in [0.2, 0.25) is 0 Å². The number of aliphatic hydroxyl groups is 4. The van der Waals surface area contributed by atoms with Crippen LogP contribution in [0.2, 0.25) is 0 Å². The zero-order valence-corrected chi connectivity index (χ0v) is 40.0. The zero-order chi connectivity index (χ0) is 47.6. The summed E-state index contributed by atoms with van der Waals surface area (Å²) in [4.78, 5) is 66.3. The number of hydrogen-bond donors (Lipinski definition) is 7. The number of esters is 2. The molecule has 0 aliphatic heterocycles. The number of phosphoric acid groups is 2. The van der Waals surface area contributed by atoms with Gasteiger partial charge in [-0.15, -0.1) is 0 Å². The topological polar surface area (TPSA) is 273 Å². The van der Waals surface area contributed by atoms with E-state index in [1.54, 1.807) is 12.2 Å². The van der Waals surface area contributed by atoms with E-state index in [9.17, 15) is 48.8 Å². The Labute approximate surface area is 380 Å². The van der Waals surface area contributed by atoms with Gasteiger partial charge in [0.05, 0.1) is 6.61 Å². The number of allylic oxidation sites excluding steroid dienone is 6. The Hall–Kier alpha value is -2.11. The third kappa shape index (κ3) is 30.2. The molecule has 1 saturated carbocycles. The van der Waals surface area contributed by atoms with Crippen LogP contribution in [-0.2, 0) is 46.6 Å². The summed E-state index contributed by atoms with van der Waals surface area (Å²) >= 11 is 0. The summed E-state index contributed by atoms with van der Waals surface area (Å²) in [5.74, 6) is -1.25. The van der Waals surface area contributed by atoms with Crippen molar-refractivity contribution >= 4 is 33.4 Å². The molecule has 0 aromatic carbocycles. The summed E-state index contributed by atoms with van der Waals surface area (Å²) in [6.45, 7) is 2.94. The number of aliphatic hydroxyl groups excluding tert-OH is 4. The molecule has 0 radical (unpaired) electrons. The zero-order valence-electron chi connectivity index (χ0n) is 38.2. The third-order valence-corrected chi connectivity index (χ3v) is 12.2. The lowest BCUT2D eigenvalue weighted by atomic mass is 9.85. The number of hydrogen-bond acceptors (Lipinski definition) is 14. The molecule has 372 valence electrons. The summed E-state index contributed by atoms with van der Waals surface area (Å²) in [7, 11) is -10.7. The first-order valence-corrected chi connectivity index (χ1v) is 26.5. The van der Waals surface area contributed by atoms with Gasteiger partial charge in [0.25, 0.3) is 0 Å². The first-order chi connectivity index (χ1) is 30.5. The second-order valence-corrected chi connectivity index (χ2v) is 19.1. The predicted molar refractivity (Wildman–Crippen MR) is 242 cm³/mol. The van der Waals surface area contributed by atoms with Gasteiger partial charge in [-0.2, -0.15) is 0 Å². The van der Waals surface area contributed by atoms with E-state index in [1.807, 2.05) is 6.08 Å². The van der Waals surface area contributed by atoms with Crippen LogP contribution in [0, 0.1) is 0 Å². The van der Waals surface area contributed by atoms with Gasteiger partial charge in [-0.05, 0) is 63.9 Å².